The van der Waals surface area contributed by atoms with Gasteiger partial charge in [-0.3, -0.25) is 4.79 Å². The van der Waals surface area contributed by atoms with Crippen molar-refractivity contribution in [3.05, 3.63) is 42.0 Å². The molecule has 1 fully saturated rings. The van der Waals surface area contributed by atoms with Crippen LogP contribution in [0.25, 0.3) is 0 Å². The molecule has 1 amide bonds. The minimum absolute atomic E-state index is 0.204. The van der Waals surface area contributed by atoms with E-state index in [2.05, 4.69) is 20.9 Å². The number of rotatable bonds is 8. The molecular weight excluding hydrogens is 337 g/mol. The molecule has 0 atom stereocenters. The number of carbonyl (C=O) groups is 1. The Morgan fingerprint density at radius 3 is 2.81 bits per heavy atom. The summed E-state index contributed by atoms with van der Waals surface area (Å²) in [4.78, 5) is 12.1. The molecule has 1 aromatic heterocycles. The van der Waals surface area contributed by atoms with Crippen molar-refractivity contribution in [3.8, 4) is 5.75 Å². The minimum atomic E-state index is -0.280. The van der Waals surface area contributed by atoms with Gasteiger partial charge in [0.1, 0.15) is 11.6 Å². The molecule has 2 aromatic rings. The monoisotopic (exact) mass is 361 g/mol. The van der Waals surface area contributed by atoms with E-state index in [0.717, 1.165) is 38.8 Å². The van der Waals surface area contributed by atoms with Crippen LogP contribution in [0.5, 0.6) is 5.75 Å². The molecule has 2 heterocycles. The number of amides is 1. The highest BCUT2D eigenvalue weighted by atomic mass is 19.1. The van der Waals surface area contributed by atoms with Crippen molar-refractivity contribution >= 4 is 5.91 Å². The lowest BCUT2D eigenvalue weighted by Gasteiger charge is -2.22. The van der Waals surface area contributed by atoms with E-state index in [0.29, 0.717) is 30.6 Å². The molecule has 8 heteroatoms. The summed E-state index contributed by atoms with van der Waals surface area (Å²) in [5.74, 6) is 0.159. The summed E-state index contributed by atoms with van der Waals surface area (Å²) in [6.45, 7) is 3.00. The first-order valence-corrected chi connectivity index (χ1v) is 9.01. The number of carbonyl (C=O) groups excluding carboxylic acids is 1. The summed E-state index contributed by atoms with van der Waals surface area (Å²) in [5, 5.41) is 14.2. The molecule has 26 heavy (non-hydrogen) atoms. The highest BCUT2D eigenvalue weighted by Crippen LogP contribution is 2.17. The van der Waals surface area contributed by atoms with Crippen LogP contribution in [0.1, 0.15) is 42.2 Å². The van der Waals surface area contributed by atoms with Gasteiger partial charge in [-0.15, -0.1) is 5.10 Å². The van der Waals surface area contributed by atoms with Gasteiger partial charge in [0.25, 0.3) is 5.91 Å². The zero-order valence-electron chi connectivity index (χ0n) is 14.7. The van der Waals surface area contributed by atoms with Gasteiger partial charge in [-0.05, 0) is 63.0 Å². The van der Waals surface area contributed by atoms with Crippen LogP contribution in [0.15, 0.2) is 30.5 Å². The number of benzene rings is 1. The van der Waals surface area contributed by atoms with E-state index in [4.69, 9.17) is 4.74 Å². The van der Waals surface area contributed by atoms with Gasteiger partial charge in [-0.25, -0.2) is 9.07 Å². The van der Waals surface area contributed by atoms with Crippen LogP contribution < -0.4 is 15.4 Å². The van der Waals surface area contributed by atoms with Crippen LogP contribution >= 0.6 is 0 Å². The molecule has 0 spiro atoms. The fourth-order valence-electron chi connectivity index (χ4n) is 2.87. The molecular formula is C18H24FN5O2. The van der Waals surface area contributed by atoms with Crippen molar-refractivity contribution in [3.63, 3.8) is 0 Å². The van der Waals surface area contributed by atoms with Crippen LogP contribution in [0.3, 0.4) is 0 Å². The fraction of sp³-hybridized carbons (Fsp3) is 0.500. The normalized spacial score (nSPS) is 15.0. The Hall–Kier alpha value is -2.48. The fourth-order valence-corrected chi connectivity index (χ4v) is 2.87. The maximum absolute atomic E-state index is 12.8. The summed E-state index contributed by atoms with van der Waals surface area (Å²) >= 11 is 0. The first-order valence-electron chi connectivity index (χ1n) is 9.01. The third-order valence-corrected chi connectivity index (χ3v) is 4.36. The Labute approximate surface area is 151 Å². The lowest BCUT2D eigenvalue weighted by Crippen LogP contribution is -2.29. The largest absolute Gasteiger partial charge is 0.494 e. The van der Waals surface area contributed by atoms with Crippen molar-refractivity contribution < 1.29 is 13.9 Å². The van der Waals surface area contributed by atoms with E-state index >= 15 is 0 Å². The van der Waals surface area contributed by atoms with Gasteiger partial charge in [0.2, 0.25) is 0 Å². The summed E-state index contributed by atoms with van der Waals surface area (Å²) in [7, 11) is 0. The van der Waals surface area contributed by atoms with E-state index in [9.17, 15) is 9.18 Å². The number of nitrogens with one attached hydrogen (secondary N) is 2. The molecule has 7 nitrogen and oxygen atoms in total. The Morgan fingerprint density at radius 1 is 1.27 bits per heavy atom. The standard InChI is InChI=1S/C18H24FN5O2/c19-14-3-5-16(6-4-14)26-12-2-1-9-21-18(25)17-13-24(23-22-17)15-7-10-20-11-8-15/h3-6,13,15,20H,1-2,7-12H2,(H,21,25). The van der Waals surface area contributed by atoms with Gasteiger partial charge < -0.3 is 15.4 Å². The Balaban J connectivity index is 1.32. The van der Waals surface area contributed by atoms with Gasteiger partial charge in [0, 0.05) is 6.54 Å². The van der Waals surface area contributed by atoms with Crippen LogP contribution in [0.2, 0.25) is 0 Å². The van der Waals surface area contributed by atoms with Crippen LogP contribution in [-0.4, -0.2) is 47.1 Å². The topological polar surface area (TPSA) is 81.1 Å². The molecule has 0 aliphatic carbocycles. The van der Waals surface area contributed by atoms with Gasteiger partial charge in [0.05, 0.1) is 18.8 Å². The van der Waals surface area contributed by atoms with Crippen molar-refractivity contribution in [1.82, 2.24) is 25.6 Å². The zero-order chi connectivity index (χ0) is 18.2. The highest BCUT2D eigenvalue weighted by molar-refractivity contribution is 5.91. The second kappa shape index (κ2) is 9.28. The summed E-state index contributed by atoms with van der Waals surface area (Å²) in [6.07, 6.45) is 5.30. The molecule has 140 valence electrons. The number of halogens is 1. The number of piperidine rings is 1. The molecule has 1 aliphatic rings. The maximum atomic E-state index is 12.8. The molecule has 0 unspecified atom stereocenters. The van der Waals surface area contributed by atoms with E-state index in [-0.39, 0.29) is 11.7 Å². The lowest BCUT2D eigenvalue weighted by atomic mass is 10.1. The average molecular weight is 361 g/mol. The predicted molar refractivity (Wildman–Crippen MR) is 94.6 cm³/mol. The molecule has 1 saturated heterocycles. The van der Waals surface area contributed by atoms with Gasteiger partial charge >= 0.3 is 0 Å². The quantitative estimate of drug-likeness (QED) is 0.702. The van der Waals surface area contributed by atoms with Gasteiger partial charge in [-0.1, -0.05) is 5.21 Å². The first-order chi connectivity index (χ1) is 12.7. The highest BCUT2D eigenvalue weighted by Gasteiger charge is 2.18. The summed E-state index contributed by atoms with van der Waals surface area (Å²) in [5.41, 5.74) is 0.353. The molecule has 0 radical (unpaired) electrons. The maximum Gasteiger partial charge on any atom is 0.273 e. The Kier molecular flexibility index (Phi) is 6.54. The van der Waals surface area contributed by atoms with Crippen LogP contribution in [0.4, 0.5) is 4.39 Å². The number of unbranched alkanes of at least 4 members (excludes halogenated alkanes) is 1. The van der Waals surface area contributed by atoms with E-state index in [1.165, 1.54) is 12.1 Å². The molecule has 3 rings (SSSR count). The number of ether oxygens (including phenoxy) is 1. The van der Waals surface area contributed by atoms with Gasteiger partial charge in [-0.2, -0.15) is 0 Å². The van der Waals surface area contributed by atoms with E-state index in [1.54, 1.807) is 23.0 Å². The van der Waals surface area contributed by atoms with Crippen LogP contribution in [-0.2, 0) is 0 Å². The third kappa shape index (κ3) is 5.26. The number of nitrogens with zero attached hydrogens (tertiary/aromatic N) is 3. The lowest BCUT2D eigenvalue weighted by molar-refractivity contribution is 0.0947. The zero-order valence-corrected chi connectivity index (χ0v) is 14.7. The van der Waals surface area contributed by atoms with Crippen molar-refractivity contribution in [2.45, 2.75) is 31.7 Å². The van der Waals surface area contributed by atoms with Gasteiger partial charge in [0.15, 0.2) is 5.69 Å². The minimum Gasteiger partial charge on any atom is -0.494 e. The SMILES string of the molecule is O=C(NCCCCOc1ccc(F)cc1)c1cn(C2CCNCC2)nn1. The number of hydrogen-bond donors (Lipinski definition) is 2. The van der Waals surface area contributed by atoms with Crippen molar-refractivity contribution in [2.75, 3.05) is 26.2 Å². The predicted octanol–water partition coefficient (Wildman–Crippen LogP) is 1.93. The smallest absolute Gasteiger partial charge is 0.273 e. The molecule has 1 aliphatic heterocycles. The van der Waals surface area contributed by atoms with Crippen molar-refractivity contribution in [1.29, 1.82) is 0 Å². The summed E-state index contributed by atoms with van der Waals surface area (Å²) < 4.78 is 20.1. The second-order valence-electron chi connectivity index (χ2n) is 6.33. The summed E-state index contributed by atoms with van der Waals surface area (Å²) in [6, 6.07) is 6.25. The molecule has 0 saturated carbocycles. The molecule has 1 aromatic carbocycles. The van der Waals surface area contributed by atoms with Crippen LogP contribution in [0, 0.1) is 5.82 Å². The van der Waals surface area contributed by atoms with Crippen molar-refractivity contribution in [2.24, 2.45) is 0 Å². The average Bonchev–Trinajstić information content (AvgIpc) is 3.17. The number of hydrogen-bond acceptors (Lipinski definition) is 5. The molecule has 2 N–H and O–H groups in total. The van der Waals surface area contributed by atoms with E-state index < -0.39 is 0 Å². The Morgan fingerprint density at radius 2 is 2.04 bits per heavy atom. The third-order valence-electron chi connectivity index (χ3n) is 4.36. The van der Waals surface area contributed by atoms with E-state index in [1.807, 2.05) is 0 Å². The number of aromatic nitrogens is 3. The second-order valence-corrected chi connectivity index (χ2v) is 6.33. The first kappa shape index (κ1) is 18.3. The molecule has 0 bridgehead atoms. The Bertz CT molecular complexity index is 698.